The Balaban J connectivity index is 1.28. The van der Waals surface area contributed by atoms with Crippen molar-refractivity contribution in [2.45, 2.75) is 83.9 Å². The predicted molar refractivity (Wildman–Crippen MR) is 140 cm³/mol. The molecule has 1 heterocycles. The van der Waals surface area contributed by atoms with Crippen LogP contribution in [-0.2, 0) is 15.1 Å². The minimum atomic E-state index is -0.552. The molecule has 2 amide bonds. The highest BCUT2D eigenvalue weighted by atomic mass is 16.6. The lowest BCUT2D eigenvalue weighted by Crippen LogP contribution is -2.60. The van der Waals surface area contributed by atoms with E-state index in [4.69, 9.17) is 9.47 Å². The SMILES string of the molecule is COc1ccc(C(C)(C)NC(=O)O[C@H]2CC[C@H]3[C@@H]4CC[C@H]5N(C)C(=O)C=C[C@]5(C)[C@H]4CC[C@]23C)cc1. The number of benzene rings is 1. The Morgan fingerprint density at radius 1 is 1.06 bits per heavy atom. The van der Waals surface area contributed by atoms with Crippen molar-refractivity contribution in [3.8, 4) is 5.75 Å². The summed E-state index contributed by atoms with van der Waals surface area (Å²) in [4.78, 5) is 27.4. The average Bonchev–Trinajstić information content (AvgIpc) is 3.17. The van der Waals surface area contributed by atoms with E-state index in [-0.39, 0.29) is 28.9 Å². The summed E-state index contributed by atoms with van der Waals surface area (Å²) in [5, 5.41) is 3.11. The molecule has 4 aliphatic rings. The van der Waals surface area contributed by atoms with E-state index in [1.807, 2.05) is 50.1 Å². The molecule has 1 aromatic rings. The minimum absolute atomic E-state index is 0.00601. The first-order valence-corrected chi connectivity index (χ1v) is 13.6. The molecule has 196 valence electrons. The molecule has 0 spiro atoms. The van der Waals surface area contributed by atoms with Crippen LogP contribution in [0.5, 0.6) is 5.75 Å². The van der Waals surface area contributed by atoms with Gasteiger partial charge in [-0.2, -0.15) is 0 Å². The van der Waals surface area contributed by atoms with Crippen LogP contribution >= 0.6 is 0 Å². The molecule has 0 aromatic heterocycles. The number of fused-ring (bicyclic) bond motifs is 5. The fourth-order valence-electron chi connectivity index (χ4n) is 8.38. The highest BCUT2D eigenvalue weighted by Gasteiger charge is 2.61. The molecule has 6 heteroatoms. The average molecular weight is 495 g/mol. The molecule has 36 heavy (non-hydrogen) atoms. The van der Waals surface area contributed by atoms with Gasteiger partial charge in [-0.25, -0.2) is 4.79 Å². The Bertz CT molecular complexity index is 1050. The summed E-state index contributed by atoms with van der Waals surface area (Å²) in [6.45, 7) is 8.72. The summed E-state index contributed by atoms with van der Waals surface area (Å²) in [5.41, 5.74) is 0.492. The van der Waals surface area contributed by atoms with Gasteiger partial charge in [0.2, 0.25) is 5.91 Å². The van der Waals surface area contributed by atoms with Crippen molar-refractivity contribution in [2.24, 2.45) is 28.6 Å². The molecule has 0 unspecified atom stereocenters. The quantitative estimate of drug-likeness (QED) is 0.586. The highest BCUT2D eigenvalue weighted by molar-refractivity contribution is 5.89. The Morgan fingerprint density at radius 3 is 2.47 bits per heavy atom. The van der Waals surface area contributed by atoms with Crippen molar-refractivity contribution >= 4 is 12.0 Å². The molecule has 1 aliphatic heterocycles. The van der Waals surface area contributed by atoms with Gasteiger partial charge in [0, 0.05) is 23.9 Å². The van der Waals surface area contributed by atoms with Gasteiger partial charge in [0.1, 0.15) is 11.9 Å². The zero-order chi connectivity index (χ0) is 25.9. The number of alkyl carbamates (subject to hydrolysis) is 1. The Morgan fingerprint density at radius 2 is 1.78 bits per heavy atom. The van der Waals surface area contributed by atoms with Crippen molar-refractivity contribution in [3.05, 3.63) is 42.0 Å². The Labute approximate surface area is 215 Å². The van der Waals surface area contributed by atoms with Gasteiger partial charge < -0.3 is 19.7 Å². The molecule has 1 N–H and O–H groups in total. The molecule has 5 rings (SSSR count). The lowest BCUT2D eigenvalue weighted by atomic mass is 9.48. The second kappa shape index (κ2) is 8.81. The first-order valence-electron chi connectivity index (χ1n) is 13.6. The van der Waals surface area contributed by atoms with E-state index in [0.717, 1.165) is 49.8 Å². The maximum atomic E-state index is 13.1. The number of rotatable bonds is 4. The molecule has 0 saturated heterocycles. The summed E-state index contributed by atoms with van der Waals surface area (Å²) in [7, 11) is 3.61. The number of nitrogens with one attached hydrogen (secondary N) is 1. The number of carbonyl (C=O) groups excluding carboxylic acids is 2. The van der Waals surface area contributed by atoms with Crippen LogP contribution in [0.1, 0.15) is 71.8 Å². The van der Waals surface area contributed by atoms with E-state index < -0.39 is 5.54 Å². The highest BCUT2D eigenvalue weighted by Crippen LogP contribution is 2.64. The number of hydrogen-bond acceptors (Lipinski definition) is 4. The van der Waals surface area contributed by atoms with E-state index in [1.165, 1.54) is 0 Å². The number of ether oxygens (including phenoxy) is 2. The van der Waals surface area contributed by atoms with E-state index in [2.05, 4.69) is 25.2 Å². The van der Waals surface area contributed by atoms with Crippen LogP contribution in [0.4, 0.5) is 4.79 Å². The lowest BCUT2D eigenvalue weighted by molar-refractivity contribution is -0.140. The van der Waals surface area contributed by atoms with Crippen LogP contribution in [0.25, 0.3) is 0 Å². The Hall–Kier alpha value is -2.50. The summed E-state index contributed by atoms with van der Waals surface area (Å²) in [5.74, 6) is 2.67. The number of carbonyl (C=O) groups is 2. The van der Waals surface area contributed by atoms with E-state index in [1.54, 1.807) is 13.2 Å². The zero-order valence-electron chi connectivity index (χ0n) is 22.7. The summed E-state index contributed by atoms with van der Waals surface area (Å²) < 4.78 is 11.5. The molecule has 1 aromatic carbocycles. The van der Waals surface area contributed by atoms with Crippen molar-refractivity contribution in [2.75, 3.05) is 14.2 Å². The van der Waals surface area contributed by atoms with Gasteiger partial charge in [-0.05, 0) is 93.9 Å². The third-order valence-electron chi connectivity index (χ3n) is 10.5. The van der Waals surface area contributed by atoms with Crippen molar-refractivity contribution in [1.29, 1.82) is 0 Å². The Kier molecular flexibility index (Phi) is 6.16. The number of likely N-dealkylation sites (N-methyl/N-ethyl adjacent to an activating group) is 1. The predicted octanol–water partition coefficient (Wildman–Crippen LogP) is 5.66. The van der Waals surface area contributed by atoms with Gasteiger partial charge in [0.05, 0.1) is 12.6 Å². The third kappa shape index (κ3) is 3.92. The standard InChI is InChI=1S/C30H42N2O4/c1-28(2,19-7-9-20(35-6)10-8-19)31-27(34)36-25-14-12-22-21-11-13-24-29(3,18-16-26(33)32(24)5)23(21)15-17-30(22,25)4/h7-10,16,18,21-25H,11-15,17H2,1-6H3,(H,31,34)/t21-,22-,23-,24+,25-,29+,30-/m0/s1. The third-order valence-corrected chi connectivity index (χ3v) is 10.5. The first-order chi connectivity index (χ1) is 17.0. The lowest BCUT2D eigenvalue weighted by Gasteiger charge is -2.60. The summed E-state index contributed by atoms with van der Waals surface area (Å²) >= 11 is 0. The fraction of sp³-hybridized carbons (Fsp3) is 0.667. The topological polar surface area (TPSA) is 67.9 Å². The molecule has 0 bridgehead atoms. The van der Waals surface area contributed by atoms with Gasteiger partial charge >= 0.3 is 6.09 Å². The van der Waals surface area contributed by atoms with Gasteiger partial charge in [0.25, 0.3) is 0 Å². The normalized spacial score (nSPS) is 37.6. The van der Waals surface area contributed by atoms with Crippen LogP contribution in [0.3, 0.4) is 0 Å². The molecule has 3 aliphatic carbocycles. The molecule has 0 radical (unpaired) electrons. The molecular weight excluding hydrogens is 452 g/mol. The van der Waals surface area contributed by atoms with Crippen LogP contribution in [0.2, 0.25) is 0 Å². The van der Waals surface area contributed by atoms with Crippen molar-refractivity contribution in [1.82, 2.24) is 10.2 Å². The molecule has 3 fully saturated rings. The number of methoxy groups -OCH3 is 1. The van der Waals surface area contributed by atoms with Crippen LogP contribution in [-0.4, -0.2) is 43.2 Å². The van der Waals surface area contributed by atoms with Crippen LogP contribution < -0.4 is 10.1 Å². The summed E-state index contributed by atoms with van der Waals surface area (Å²) in [6.07, 6.45) is 10.0. The number of nitrogens with zero attached hydrogens (tertiary/aromatic N) is 1. The van der Waals surface area contributed by atoms with Crippen molar-refractivity contribution < 1.29 is 19.1 Å². The second-order valence-corrected chi connectivity index (χ2v) is 12.6. The van der Waals surface area contributed by atoms with E-state index in [9.17, 15) is 9.59 Å². The molecule has 6 nitrogen and oxygen atoms in total. The van der Waals surface area contributed by atoms with Gasteiger partial charge in [0.15, 0.2) is 0 Å². The zero-order valence-corrected chi connectivity index (χ0v) is 22.7. The molecule has 3 saturated carbocycles. The minimum Gasteiger partial charge on any atom is -0.497 e. The van der Waals surface area contributed by atoms with E-state index >= 15 is 0 Å². The maximum absolute atomic E-state index is 13.1. The number of amides is 2. The first kappa shape index (κ1) is 25.2. The second-order valence-electron chi connectivity index (χ2n) is 12.6. The molecule has 7 atom stereocenters. The van der Waals surface area contributed by atoms with Crippen LogP contribution in [0, 0.1) is 28.6 Å². The van der Waals surface area contributed by atoms with E-state index in [0.29, 0.717) is 23.8 Å². The van der Waals surface area contributed by atoms with Gasteiger partial charge in [-0.15, -0.1) is 0 Å². The summed E-state index contributed by atoms with van der Waals surface area (Å²) in [6, 6.07) is 8.08. The van der Waals surface area contributed by atoms with Gasteiger partial charge in [-0.1, -0.05) is 32.1 Å². The smallest absolute Gasteiger partial charge is 0.408 e. The maximum Gasteiger partial charge on any atom is 0.408 e. The fourth-order valence-corrected chi connectivity index (χ4v) is 8.38. The largest absolute Gasteiger partial charge is 0.497 e. The monoisotopic (exact) mass is 494 g/mol. The van der Waals surface area contributed by atoms with Crippen molar-refractivity contribution in [3.63, 3.8) is 0 Å². The van der Waals surface area contributed by atoms with Gasteiger partial charge in [-0.3, -0.25) is 4.79 Å². The molecular formula is C30H42N2O4. The number of hydrogen-bond donors (Lipinski definition) is 1. The van der Waals surface area contributed by atoms with Crippen LogP contribution in [0.15, 0.2) is 36.4 Å².